The van der Waals surface area contributed by atoms with Crippen LogP contribution in [0.25, 0.3) is 0 Å². The molecule has 0 radical (unpaired) electrons. The molecule has 1 amide bonds. The molecular weight excluding hydrogens is 280 g/mol. The minimum Gasteiger partial charge on any atom is -0.480 e. The zero-order chi connectivity index (χ0) is 15.3. The molecule has 1 rings (SSSR count). The highest BCUT2D eigenvalue weighted by Gasteiger charge is 2.35. The highest BCUT2D eigenvalue weighted by Crippen LogP contribution is 2.27. The van der Waals surface area contributed by atoms with Crippen LogP contribution in [-0.2, 0) is 9.59 Å². The molecule has 0 aliphatic carbocycles. The summed E-state index contributed by atoms with van der Waals surface area (Å²) in [6.07, 6.45) is 0.534. The first-order valence-electron chi connectivity index (χ1n) is 6.33. The van der Waals surface area contributed by atoms with Gasteiger partial charge in [-0.3, -0.25) is 9.59 Å². The van der Waals surface area contributed by atoms with Crippen LogP contribution in [0.5, 0.6) is 0 Å². The standard InChI is InChI=1S/C14H19ClN2O3/c1-3-14(2,9-16)13(20)17(8-12(18)19)11-6-4-10(15)5-7-11/h4-7H,3,8-9,16H2,1-2H3,(H,18,19). The van der Waals surface area contributed by atoms with Gasteiger partial charge < -0.3 is 15.7 Å². The molecule has 0 saturated heterocycles. The third-order valence-electron chi connectivity index (χ3n) is 3.42. The fraction of sp³-hybridized carbons (Fsp3) is 0.429. The van der Waals surface area contributed by atoms with Crippen LogP contribution in [0.2, 0.25) is 5.02 Å². The quantitative estimate of drug-likeness (QED) is 0.842. The molecule has 0 aromatic heterocycles. The van der Waals surface area contributed by atoms with Gasteiger partial charge in [0.1, 0.15) is 6.54 Å². The molecule has 1 aromatic carbocycles. The van der Waals surface area contributed by atoms with Gasteiger partial charge in [0.2, 0.25) is 5.91 Å². The van der Waals surface area contributed by atoms with Crippen LogP contribution in [0.4, 0.5) is 5.69 Å². The molecule has 0 heterocycles. The summed E-state index contributed by atoms with van der Waals surface area (Å²) in [6, 6.07) is 6.47. The topological polar surface area (TPSA) is 83.6 Å². The van der Waals surface area contributed by atoms with Gasteiger partial charge in [-0.2, -0.15) is 0 Å². The SMILES string of the molecule is CCC(C)(CN)C(=O)N(CC(=O)O)c1ccc(Cl)cc1. The van der Waals surface area contributed by atoms with Crippen LogP contribution in [0.3, 0.4) is 0 Å². The Balaban J connectivity index is 3.15. The van der Waals surface area contributed by atoms with E-state index in [-0.39, 0.29) is 12.5 Å². The Hall–Kier alpha value is -1.59. The van der Waals surface area contributed by atoms with Crippen molar-refractivity contribution in [3.63, 3.8) is 0 Å². The van der Waals surface area contributed by atoms with E-state index < -0.39 is 17.9 Å². The second-order valence-electron chi connectivity index (χ2n) is 4.88. The van der Waals surface area contributed by atoms with Crippen molar-refractivity contribution in [2.24, 2.45) is 11.1 Å². The number of benzene rings is 1. The maximum absolute atomic E-state index is 12.6. The number of nitrogens with two attached hydrogens (primary N) is 1. The average Bonchev–Trinajstić information content (AvgIpc) is 2.44. The second kappa shape index (κ2) is 6.72. The van der Waals surface area contributed by atoms with Crippen LogP contribution < -0.4 is 10.6 Å². The fourth-order valence-electron chi connectivity index (χ4n) is 1.75. The first-order valence-corrected chi connectivity index (χ1v) is 6.71. The summed E-state index contributed by atoms with van der Waals surface area (Å²) in [6.45, 7) is 3.34. The van der Waals surface area contributed by atoms with E-state index in [1.54, 1.807) is 31.2 Å². The molecule has 110 valence electrons. The number of hydrogen-bond acceptors (Lipinski definition) is 3. The van der Waals surface area contributed by atoms with Crippen molar-refractivity contribution in [3.05, 3.63) is 29.3 Å². The fourth-order valence-corrected chi connectivity index (χ4v) is 1.87. The molecule has 1 aromatic rings. The van der Waals surface area contributed by atoms with E-state index in [9.17, 15) is 9.59 Å². The lowest BCUT2D eigenvalue weighted by Gasteiger charge is -2.32. The van der Waals surface area contributed by atoms with Gasteiger partial charge in [0.05, 0.1) is 5.41 Å². The van der Waals surface area contributed by atoms with E-state index in [2.05, 4.69) is 0 Å². The summed E-state index contributed by atoms with van der Waals surface area (Å²) in [7, 11) is 0. The number of hydrogen-bond donors (Lipinski definition) is 2. The predicted molar refractivity (Wildman–Crippen MR) is 78.9 cm³/mol. The molecule has 5 nitrogen and oxygen atoms in total. The largest absolute Gasteiger partial charge is 0.480 e. The van der Waals surface area contributed by atoms with Crippen LogP contribution >= 0.6 is 11.6 Å². The minimum atomic E-state index is -1.08. The van der Waals surface area contributed by atoms with Gasteiger partial charge in [0.25, 0.3) is 0 Å². The lowest BCUT2D eigenvalue weighted by Crippen LogP contribution is -2.48. The number of carbonyl (C=O) groups is 2. The number of anilines is 1. The Morgan fingerprint density at radius 1 is 1.35 bits per heavy atom. The Morgan fingerprint density at radius 3 is 2.30 bits per heavy atom. The van der Waals surface area contributed by atoms with Gasteiger partial charge in [0.15, 0.2) is 0 Å². The van der Waals surface area contributed by atoms with Gasteiger partial charge in [-0.15, -0.1) is 0 Å². The number of carbonyl (C=O) groups excluding carboxylic acids is 1. The van der Waals surface area contributed by atoms with E-state index in [1.165, 1.54) is 4.90 Å². The molecule has 0 spiro atoms. The summed E-state index contributed by atoms with van der Waals surface area (Å²) >= 11 is 5.81. The molecule has 0 saturated carbocycles. The smallest absolute Gasteiger partial charge is 0.323 e. The maximum atomic E-state index is 12.6. The van der Waals surface area contributed by atoms with Crippen LogP contribution in [-0.4, -0.2) is 30.1 Å². The van der Waals surface area contributed by atoms with E-state index in [0.29, 0.717) is 17.1 Å². The Labute approximate surface area is 123 Å². The predicted octanol–water partition coefficient (Wildman–Crippen LogP) is 2.13. The summed E-state index contributed by atoms with van der Waals surface area (Å²) in [5.41, 5.74) is 5.39. The monoisotopic (exact) mass is 298 g/mol. The number of nitrogens with zero attached hydrogens (tertiary/aromatic N) is 1. The van der Waals surface area contributed by atoms with Crippen molar-refractivity contribution in [1.29, 1.82) is 0 Å². The van der Waals surface area contributed by atoms with Gasteiger partial charge in [0, 0.05) is 17.3 Å². The first kappa shape index (κ1) is 16.5. The number of aliphatic carboxylic acids is 1. The zero-order valence-corrected chi connectivity index (χ0v) is 12.4. The summed E-state index contributed by atoms with van der Waals surface area (Å²) in [4.78, 5) is 24.8. The van der Waals surface area contributed by atoms with Crippen LogP contribution in [0.1, 0.15) is 20.3 Å². The average molecular weight is 299 g/mol. The number of amides is 1. The lowest BCUT2D eigenvalue weighted by atomic mass is 9.86. The normalized spacial score (nSPS) is 13.6. The molecule has 0 aliphatic rings. The molecule has 6 heteroatoms. The Morgan fingerprint density at radius 2 is 1.90 bits per heavy atom. The van der Waals surface area contributed by atoms with E-state index in [0.717, 1.165) is 0 Å². The maximum Gasteiger partial charge on any atom is 0.323 e. The van der Waals surface area contributed by atoms with Crippen molar-refractivity contribution in [2.45, 2.75) is 20.3 Å². The van der Waals surface area contributed by atoms with Crippen molar-refractivity contribution in [2.75, 3.05) is 18.0 Å². The highest BCUT2D eigenvalue weighted by molar-refractivity contribution is 6.30. The molecule has 20 heavy (non-hydrogen) atoms. The molecular formula is C14H19ClN2O3. The molecule has 1 atom stereocenters. The highest BCUT2D eigenvalue weighted by atomic mass is 35.5. The van der Waals surface area contributed by atoms with E-state index in [4.69, 9.17) is 22.4 Å². The van der Waals surface area contributed by atoms with Crippen LogP contribution in [0.15, 0.2) is 24.3 Å². The third kappa shape index (κ3) is 3.71. The van der Waals surface area contributed by atoms with Gasteiger partial charge in [-0.1, -0.05) is 18.5 Å². The summed E-state index contributed by atoms with van der Waals surface area (Å²) in [5.74, 6) is -1.38. The van der Waals surface area contributed by atoms with Gasteiger partial charge >= 0.3 is 5.97 Å². The van der Waals surface area contributed by atoms with Crippen molar-refractivity contribution in [3.8, 4) is 0 Å². The minimum absolute atomic E-state index is 0.159. The van der Waals surface area contributed by atoms with E-state index >= 15 is 0 Å². The summed E-state index contributed by atoms with van der Waals surface area (Å²) in [5, 5.41) is 9.53. The zero-order valence-electron chi connectivity index (χ0n) is 11.6. The van der Waals surface area contributed by atoms with E-state index in [1.807, 2.05) is 6.92 Å². The number of carboxylic acid groups (broad SMARTS) is 1. The Bertz CT molecular complexity index is 484. The lowest BCUT2D eigenvalue weighted by molar-refractivity contribution is -0.138. The molecule has 0 aliphatic heterocycles. The molecule has 3 N–H and O–H groups in total. The number of halogens is 1. The molecule has 1 unspecified atom stereocenters. The molecule has 0 fully saturated rings. The number of rotatable bonds is 6. The van der Waals surface area contributed by atoms with Gasteiger partial charge in [-0.25, -0.2) is 0 Å². The van der Waals surface area contributed by atoms with Crippen molar-refractivity contribution < 1.29 is 14.7 Å². The second-order valence-corrected chi connectivity index (χ2v) is 5.32. The number of carboxylic acids is 1. The third-order valence-corrected chi connectivity index (χ3v) is 3.68. The van der Waals surface area contributed by atoms with Gasteiger partial charge in [-0.05, 0) is 37.6 Å². The van der Waals surface area contributed by atoms with Crippen molar-refractivity contribution >= 4 is 29.2 Å². The summed E-state index contributed by atoms with van der Waals surface area (Å²) < 4.78 is 0. The first-order chi connectivity index (χ1) is 9.34. The van der Waals surface area contributed by atoms with Crippen LogP contribution in [0, 0.1) is 5.41 Å². The van der Waals surface area contributed by atoms with Crippen molar-refractivity contribution in [1.82, 2.24) is 0 Å². The Kier molecular flexibility index (Phi) is 5.53. The molecule has 0 bridgehead atoms.